The molecule has 41 heavy (non-hydrogen) atoms. The molecular weight excluding hydrogens is 544 g/mol. The Morgan fingerprint density at radius 1 is 0.902 bits per heavy atom. The van der Waals surface area contributed by atoms with E-state index in [0.717, 1.165) is 34.6 Å². The van der Waals surface area contributed by atoms with E-state index in [1.807, 2.05) is 0 Å². The molecule has 11 atom stereocenters. The van der Waals surface area contributed by atoms with E-state index in [2.05, 4.69) is 0 Å². The van der Waals surface area contributed by atoms with E-state index < -0.39 is 94.9 Å². The highest BCUT2D eigenvalue weighted by Crippen LogP contribution is 2.57. The standard InChI is InChI=1S/C28H40O13/c1-12-9-19(37-14(3)29)23(39-16(5)31)26(7)20(38-15(4)30)11-18(33)13(2)22(26)24(40-17(6)32)28(36)21(10-12)41-25(34)27(28,8)35/h10,13,18-24,33,35-36H,9,11H2,1-8H3/b12-10-/t13-,18-,19-,20-,21-,22+,23-,24?,26-,27-,28-/m0/s1. The highest BCUT2D eigenvalue weighted by atomic mass is 16.6. The minimum atomic E-state index is -2.63. The lowest BCUT2D eigenvalue weighted by atomic mass is 9.52. The zero-order chi connectivity index (χ0) is 31.2. The van der Waals surface area contributed by atoms with Gasteiger partial charge in [0, 0.05) is 46.5 Å². The van der Waals surface area contributed by atoms with Gasteiger partial charge in [0.1, 0.15) is 24.4 Å². The second-order valence-corrected chi connectivity index (χ2v) is 11.8. The van der Waals surface area contributed by atoms with Gasteiger partial charge in [-0.25, -0.2) is 4.79 Å². The number of fused-ring (bicyclic) bond motifs is 2. The molecule has 1 heterocycles. The fourth-order valence-corrected chi connectivity index (χ4v) is 6.88. The number of ether oxygens (including phenoxy) is 5. The molecule has 0 aromatic heterocycles. The monoisotopic (exact) mass is 584 g/mol. The normalized spacial score (nSPS) is 43.7. The molecular formula is C28H40O13. The van der Waals surface area contributed by atoms with Crippen LogP contribution in [0.2, 0.25) is 0 Å². The van der Waals surface area contributed by atoms with Crippen molar-refractivity contribution in [2.75, 3.05) is 0 Å². The highest BCUT2D eigenvalue weighted by Gasteiger charge is 2.74. The van der Waals surface area contributed by atoms with Crippen LogP contribution < -0.4 is 0 Å². The molecule has 2 aliphatic carbocycles. The first-order valence-corrected chi connectivity index (χ1v) is 13.5. The molecule has 1 unspecified atom stereocenters. The van der Waals surface area contributed by atoms with E-state index in [0.29, 0.717) is 5.57 Å². The number of rotatable bonds is 4. The van der Waals surface area contributed by atoms with Crippen molar-refractivity contribution in [3.8, 4) is 0 Å². The first-order chi connectivity index (χ1) is 18.8. The third kappa shape index (κ3) is 5.59. The molecule has 0 bridgehead atoms. The average Bonchev–Trinajstić information content (AvgIpc) is 2.98. The van der Waals surface area contributed by atoms with Crippen molar-refractivity contribution in [3.63, 3.8) is 0 Å². The maximum absolute atomic E-state index is 13.0. The van der Waals surface area contributed by atoms with E-state index in [1.165, 1.54) is 6.08 Å². The molecule has 0 aromatic rings. The van der Waals surface area contributed by atoms with E-state index >= 15 is 0 Å². The first-order valence-electron chi connectivity index (χ1n) is 13.5. The lowest BCUT2D eigenvalue weighted by Crippen LogP contribution is -2.73. The molecule has 3 N–H and O–H groups in total. The van der Waals surface area contributed by atoms with E-state index in [1.54, 1.807) is 20.8 Å². The summed E-state index contributed by atoms with van der Waals surface area (Å²) in [6.07, 6.45) is -7.32. The third-order valence-corrected chi connectivity index (χ3v) is 8.77. The minimum absolute atomic E-state index is 0.0892. The van der Waals surface area contributed by atoms with Crippen LogP contribution in [0.15, 0.2) is 11.6 Å². The number of aliphatic hydroxyl groups is 3. The van der Waals surface area contributed by atoms with E-state index in [4.69, 9.17) is 23.7 Å². The highest BCUT2D eigenvalue weighted by molar-refractivity contribution is 5.84. The van der Waals surface area contributed by atoms with E-state index in [-0.39, 0.29) is 12.8 Å². The van der Waals surface area contributed by atoms with Crippen molar-refractivity contribution in [1.82, 2.24) is 0 Å². The summed E-state index contributed by atoms with van der Waals surface area (Å²) in [5.74, 6) is -6.53. The SMILES string of the molecule is CC(=O)OC1[C@H]2[C@@H](C)[C@@H](O)C[C@H](OC(C)=O)[C@]2(C)[C@@H](OC(C)=O)[C@@H](OC(C)=O)C/C(C)=C\[C@@H]2OC(=O)[C@](C)(O)[C@@]12O. The topological polar surface area (TPSA) is 192 Å². The molecule has 0 aromatic carbocycles. The maximum atomic E-state index is 13.0. The molecule has 0 radical (unpaired) electrons. The Labute approximate surface area is 238 Å². The molecule has 0 amide bonds. The Kier molecular flexibility index (Phi) is 8.98. The molecule has 13 nitrogen and oxygen atoms in total. The zero-order valence-electron chi connectivity index (χ0n) is 24.5. The summed E-state index contributed by atoms with van der Waals surface area (Å²) in [6.45, 7) is 10.2. The van der Waals surface area contributed by atoms with E-state index in [9.17, 15) is 39.3 Å². The van der Waals surface area contributed by atoms with Crippen LogP contribution in [-0.4, -0.2) is 93.0 Å². The van der Waals surface area contributed by atoms with Gasteiger partial charge >= 0.3 is 29.8 Å². The van der Waals surface area contributed by atoms with Gasteiger partial charge in [0.2, 0.25) is 0 Å². The van der Waals surface area contributed by atoms with Crippen molar-refractivity contribution >= 4 is 29.8 Å². The van der Waals surface area contributed by atoms with Crippen LogP contribution in [0, 0.1) is 17.3 Å². The van der Waals surface area contributed by atoms with Crippen molar-refractivity contribution in [2.45, 2.75) is 116 Å². The van der Waals surface area contributed by atoms with Gasteiger partial charge < -0.3 is 39.0 Å². The largest absolute Gasteiger partial charge is 0.462 e. The average molecular weight is 585 g/mol. The van der Waals surface area contributed by atoms with Crippen LogP contribution in [0.3, 0.4) is 0 Å². The summed E-state index contributed by atoms with van der Waals surface area (Å²) in [7, 11) is 0. The van der Waals surface area contributed by atoms with Crippen molar-refractivity contribution in [1.29, 1.82) is 0 Å². The molecule has 1 saturated heterocycles. The molecule has 2 fully saturated rings. The lowest BCUT2D eigenvalue weighted by molar-refractivity contribution is -0.271. The Bertz CT molecular complexity index is 1130. The van der Waals surface area contributed by atoms with Crippen LogP contribution in [0.25, 0.3) is 0 Å². The summed E-state index contributed by atoms with van der Waals surface area (Å²) in [6, 6.07) is 0. The quantitative estimate of drug-likeness (QED) is 0.235. The summed E-state index contributed by atoms with van der Waals surface area (Å²) in [5, 5.41) is 35.0. The Hall–Kier alpha value is -3.03. The van der Waals surface area contributed by atoms with Crippen LogP contribution in [0.4, 0.5) is 0 Å². The lowest BCUT2D eigenvalue weighted by Gasteiger charge is -2.59. The number of carbonyl (C=O) groups is 5. The number of hydrogen-bond donors (Lipinski definition) is 3. The fraction of sp³-hybridized carbons (Fsp3) is 0.750. The van der Waals surface area contributed by atoms with Crippen LogP contribution in [-0.2, 0) is 47.7 Å². The summed E-state index contributed by atoms with van der Waals surface area (Å²) in [5.41, 5.74) is -6.52. The number of carbonyl (C=O) groups excluding carboxylic acids is 5. The Morgan fingerprint density at radius 3 is 1.93 bits per heavy atom. The van der Waals surface area contributed by atoms with Gasteiger partial charge in [-0.15, -0.1) is 0 Å². The summed E-state index contributed by atoms with van der Waals surface area (Å²) in [4.78, 5) is 62.7. The maximum Gasteiger partial charge on any atom is 0.341 e. The molecule has 230 valence electrons. The number of hydrogen-bond acceptors (Lipinski definition) is 13. The predicted molar refractivity (Wildman–Crippen MR) is 137 cm³/mol. The van der Waals surface area contributed by atoms with Crippen LogP contribution >= 0.6 is 0 Å². The smallest absolute Gasteiger partial charge is 0.341 e. The van der Waals surface area contributed by atoms with Gasteiger partial charge in [0.25, 0.3) is 0 Å². The molecule has 13 heteroatoms. The molecule has 3 aliphatic rings. The molecule has 3 rings (SSSR count). The number of aliphatic hydroxyl groups excluding tert-OH is 1. The Balaban J connectivity index is 2.50. The van der Waals surface area contributed by atoms with Gasteiger partial charge in [-0.1, -0.05) is 19.4 Å². The fourth-order valence-electron chi connectivity index (χ4n) is 6.88. The van der Waals surface area contributed by atoms with Gasteiger partial charge in [-0.3, -0.25) is 19.2 Å². The Morgan fingerprint density at radius 2 is 1.41 bits per heavy atom. The second-order valence-electron chi connectivity index (χ2n) is 11.8. The molecule has 1 aliphatic heterocycles. The van der Waals surface area contributed by atoms with Gasteiger partial charge in [-0.2, -0.15) is 0 Å². The molecule has 0 spiro atoms. The van der Waals surface area contributed by atoms with Gasteiger partial charge in [0.15, 0.2) is 17.3 Å². The summed E-state index contributed by atoms with van der Waals surface area (Å²) < 4.78 is 28.3. The predicted octanol–water partition coefficient (Wildman–Crippen LogP) is 0.494. The number of esters is 5. The second kappa shape index (κ2) is 11.3. The van der Waals surface area contributed by atoms with Crippen molar-refractivity contribution in [2.24, 2.45) is 17.3 Å². The van der Waals surface area contributed by atoms with Gasteiger partial charge in [0.05, 0.1) is 11.5 Å². The summed E-state index contributed by atoms with van der Waals surface area (Å²) >= 11 is 0. The molecule has 1 saturated carbocycles. The van der Waals surface area contributed by atoms with Crippen LogP contribution in [0.5, 0.6) is 0 Å². The third-order valence-electron chi connectivity index (χ3n) is 8.77. The zero-order valence-corrected chi connectivity index (χ0v) is 24.5. The minimum Gasteiger partial charge on any atom is -0.462 e. The van der Waals surface area contributed by atoms with Crippen molar-refractivity contribution in [3.05, 3.63) is 11.6 Å². The first kappa shape index (κ1) is 32.5. The van der Waals surface area contributed by atoms with Gasteiger partial charge in [-0.05, 0) is 25.8 Å². The van der Waals surface area contributed by atoms with Crippen molar-refractivity contribution < 1.29 is 63.0 Å². The van der Waals surface area contributed by atoms with Crippen LogP contribution in [0.1, 0.15) is 68.2 Å².